The molecule has 1 amide bonds. The number of hydrogen-bond acceptors (Lipinski definition) is 4. The van der Waals surface area contributed by atoms with Crippen LogP contribution < -0.4 is 5.32 Å². The van der Waals surface area contributed by atoms with E-state index in [9.17, 15) is 19.3 Å². The van der Waals surface area contributed by atoms with Gasteiger partial charge in [-0.3, -0.25) is 9.36 Å². The Hall–Kier alpha value is -2.77. The molecule has 0 radical (unpaired) electrons. The number of benzene rings is 1. The number of hydrogen-bond donors (Lipinski definition) is 1. The quantitative estimate of drug-likeness (QED) is 0.683. The van der Waals surface area contributed by atoms with E-state index in [4.69, 9.17) is 0 Å². The minimum Gasteiger partial charge on any atom is -0.358 e. The molecule has 0 fully saturated rings. The molecule has 0 aliphatic carbocycles. The molecule has 2 rings (SSSR count). The van der Waals surface area contributed by atoms with E-state index < -0.39 is 16.6 Å². The number of carbonyl (C=O) groups excluding carboxylic acids is 1. The van der Waals surface area contributed by atoms with Crippen LogP contribution in [-0.2, 0) is 11.3 Å². The van der Waals surface area contributed by atoms with Crippen LogP contribution in [0, 0.1) is 22.9 Å². The minimum absolute atomic E-state index is 0.136. The van der Waals surface area contributed by atoms with Crippen molar-refractivity contribution in [1.29, 1.82) is 0 Å². The molecule has 0 unspecified atom stereocenters. The lowest BCUT2D eigenvalue weighted by Crippen LogP contribution is -2.19. The molecule has 0 spiro atoms. The zero-order valence-corrected chi connectivity index (χ0v) is 10.5. The van der Waals surface area contributed by atoms with Crippen LogP contribution in [0.25, 0.3) is 0 Å². The molecule has 0 aliphatic rings. The van der Waals surface area contributed by atoms with Crippen molar-refractivity contribution in [2.45, 2.75) is 13.5 Å². The van der Waals surface area contributed by atoms with Crippen LogP contribution in [0.4, 0.5) is 15.9 Å². The van der Waals surface area contributed by atoms with Crippen LogP contribution in [-0.4, -0.2) is 20.4 Å². The van der Waals surface area contributed by atoms with Crippen LogP contribution in [0.15, 0.2) is 30.5 Å². The van der Waals surface area contributed by atoms with Crippen molar-refractivity contribution in [3.8, 4) is 0 Å². The summed E-state index contributed by atoms with van der Waals surface area (Å²) >= 11 is 0. The van der Waals surface area contributed by atoms with Crippen molar-refractivity contribution >= 4 is 17.4 Å². The molecule has 1 aromatic carbocycles. The Kier molecular flexibility index (Phi) is 3.74. The Bertz CT molecular complexity index is 668. The van der Waals surface area contributed by atoms with Gasteiger partial charge in [-0.25, -0.2) is 4.39 Å². The molecule has 0 aliphatic heterocycles. The SMILES string of the molecule is Cc1nc([N+](=O)[O-])cn1CC(=O)Nc1cccc(F)c1. The molecule has 1 N–H and O–H groups in total. The van der Waals surface area contributed by atoms with E-state index in [0.29, 0.717) is 11.5 Å². The molecule has 0 saturated carbocycles. The van der Waals surface area contributed by atoms with Gasteiger partial charge in [-0.05, 0) is 28.1 Å². The van der Waals surface area contributed by atoms with Gasteiger partial charge in [0, 0.05) is 12.6 Å². The first-order chi connectivity index (χ1) is 9.45. The second kappa shape index (κ2) is 5.47. The number of imidazole rings is 1. The summed E-state index contributed by atoms with van der Waals surface area (Å²) in [5.41, 5.74) is 0.322. The summed E-state index contributed by atoms with van der Waals surface area (Å²) < 4.78 is 14.3. The van der Waals surface area contributed by atoms with Crippen molar-refractivity contribution in [1.82, 2.24) is 9.55 Å². The van der Waals surface area contributed by atoms with Gasteiger partial charge in [-0.2, -0.15) is 0 Å². The maximum Gasteiger partial charge on any atom is 0.381 e. The topological polar surface area (TPSA) is 90.1 Å². The number of rotatable bonds is 4. The first-order valence-electron chi connectivity index (χ1n) is 5.69. The Morgan fingerprint density at radius 3 is 2.90 bits per heavy atom. The summed E-state index contributed by atoms with van der Waals surface area (Å²) in [5.74, 6) is -0.851. The highest BCUT2D eigenvalue weighted by molar-refractivity contribution is 5.90. The number of nitro groups is 1. The van der Waals surface area contributed by atoms with Gasteiger partial charge in [-0.1, -0.05) is 6.07 Å². The third-order valence-electron chi connectivity index (χ3n) is 2.57. The number of aryl methyl sites for hydroxylation is 1. The van der Waals surface area contributed by atoms with E-state index in [2.05, 4.69) is 10.3 Å². The predicted molar refractivity (Wildman–Crippen MR) is 68.6 cm³/mol. The smallest absolute Gasteiger partial charge is 0.358 e. The summed E-state index contributed by atoms with van der Waals surface area (Å²) in [4.78, 5) is 25.4. The lowest BCUT2D eigenvalue weighted by molar-refractivity contribution is -0.389. The van der Waals surface area contributed by atoms with E-state index in [1.807, 2.05) is 0 Å². The molecule has 104 valence electrons. The van der Waals surface area contributed by atoms with Gasteiger partial charge in [0.15, 0.2) is 0 Å². The van der Waals surface area contributed by atoms with E-state index >= 15 is 0 Å². The number of aromatic nitrogens is 2. The molecule has 20 heavy (non-hydrogen) atoms. The highest BCUT2D eigenvalue weighted by Gasteiger charge is 2.16. The average Bonchev–Trinajstić information content (AvgIpc) is 2.71. The fourth-order valence-electron chi connectivity index (χ4n) is 1.66. The Morgan fingerprint density at radius 2 is 2.30 bits per heavy atom. The molecule has 0 bridgehead atoms. The number of nitrogens with zero attached hydrogens (tertiary/aromatic N) is 3. The second-order valence-corrected chi connectivity index (χ2v) is 4.09. The summed E-state index contributed by atoms with van der Waals surface area (Å²) in [6.45, 7) is 1.42. The Balaban J connectivity index is 2.06. The maximum atomic E-state index is 13.0. The largest absolute Gasteiger partial charge is 0.381 e. The summed E-state index contributed by atoms with van der Waals surface area (Å²) in [5, 5.41) is 13.1. The Labute approximate surface area is 113 Å². The van der Waals surface area contributed by atoms with E-state index in [0.717, 1.165) is 0 Å². The molecular formula is C12H11FN4O3. The molecule has 0 atom stereocenters. The van der Waals surface area contributed by atoms with Gasteiger partial charge in [-0.15, -0.1) is 0 Å². The molecule has 1 heterocycles. The normalized spacial score (nSPS) is 10.3. The van der Waals surface area contributed by atoms with Gasteiger partial charge in [0.05, 0.1) is 0 Å². The monoisotopic (exact) mass is 278 g/mol. The van der Waals surface area contributed by atoms with Crippen molar-refractivity contribution in [2.24, 2.45) is 0 Å². The third kappa shape index (κ3) is 3.16. The highest BCUT2D eigenvalue weighted by Crippen LogP contribution is 2.12. The number of amides is 1. The van der Waals surface area contributed by atoms with Crippen LogP contribution >= 0.6 is 0 Å². The number of anilines is 1. The average molecular weight is 278 g/mol. The molecule has 7 nitrogen and oxygen atoms in total. The minimum atomic E-state index is -0.631. The van der Waals surface area contributed by atoms with Gasteiger partial charge >= 0.3 is 5.82 Å². The van der Waals surface area contributed by atoms with Crippen molar-refractivity contribution in [2.75, 3.05) is 5.32 Å². The zero-order valence-electron chi connectivity index (χ0n) is 10.5. The van der Waals surface area contributed by atoms with Crippen LogP contribution in [0.3, 0.4) is 0 Å². The second-order valence-electron chi connectivity index (χ2n) is 4.09. The van der Waals surface area contributed by atoms with Crippen LogP contribution in [0.2, 0.25) is 0 Å². The van der Waals surface area contributed by atoms with Gasteiger partial charge in [0.1, 0.15) is 18.6 Å². The zero-order chi connectivity index (χ0) is 14.7. The molecule has 0 saturated heterocycles. The highest BCUT2D eigenvalue weighted by atomic mass is 19.1. The first-order valence-corrected chi connectivity index (χ1v) is 5.69. The molecular weight excluding hydrogens is 267 g/mol. The van der Waals surface area contributed by atoms with Gasteiger partial charge in [0.25, 0.3) is 0 Å². The van der Waals surface area contributed by atoms with Crippen molar-refractivity contribution in [3.63, 3.8) is 0 Å². The molecule has 8 heteroatoms. The summed E-state index contributed by atoms with van der Waals surface area (Å²) in [6.07, 6.45) is 1.18. The van der Waals surface area contributed by atoms with Crippen molar-refractivity contribution in [3.05, 3.63) is 52.2 Å². The van der Waals surface area contributed by atoms with E-state index in [1.165, 1.54) is 29.0 Å². The standard InChI is InChI=1S/C12H11FN4O3/c1-8-14-11(17(19)20)6-16(8)7-12(18)15-10-4-2-3-9(13)5-10/h2-6H,7H2,1H3,(H,15,18). The first kappa shape index (κ1) is 13.7. The fourth-order valence-corrected chi connectivity index (χ4v) is 1.66. The van der Waals surface area contributed by atoms with Crippen molar-refractivity contribution < 1.29 is 14.1 Å². The number of carbonyl (C=O) groups is 1. The fraction of sp³-hybridized carbons (Fsp3) is 0.167. The Morgan fingerprint density at radius 1 is 1.55 bits per heavy atom. The van der Waals surface area contributed by atoms with Gasteiger partial charge in [0.2, 0.25) is 11.7 Å². The third-order valence-corrected chi connectivity index (χ3v) is 2.57. The van der Waals surface area contributed by atoms with Gasteiger partial charge < -0.3 is 15.4 Å². The molecule has 1 aromatic heterocycles. The van der Waals surface area contributed by atoms with Crippen LogP contribution in [0.5, 0.6) is 0 Å². The summed E-state index contributed by atoms with van der Waals surface area (Å²) in [6, 6.07) is 5.46. The molecule has 2 aromatic rings. The number of nitrogens with one attached hydrogen (secondary N) is 1. The maximum absolute atomic E-state index is 13.0. The van der Waals surface area contributed by atoms with E-state index in [1.54, 1.807) is 13.0 Å². The lowest BCUT2D eigenvalue weighted by atomic mass is 10.3. The number of halogens is 1. The summed E-state index contributed by atoms with van der Waals surface area (Å²) in [7, 11) is 0. The van der Waals surface area contributed by atoms with E-state index in [-0.39, 0.29) is 12.4 Å². The van der Waals surface area contributed by atoms with Crippen LogP contribution in [0.1, 0.15) is 5.82 Å². The predicted octanol–water partition coefficient (Wildman–Crippen LogP) is 1.88. The lowest BCUT2D eigenvalue weighted by Gasteiger charge is -2.05.